The summed E-state index contributed by atoms with van der Waals surface area (Å²) in [5.41, 5.74) is 0. The van der Waals surface area contributed by atoms with E-state index >= 15 is 0 Å². The third-order valence-corrected chi connectivity index (χ3v) is 3.69. The first kappa shape index (κ1) is 11.4. The van der Waals surface area contributed by atoms with Gasteiger partial charge in [-0.25, -0.2) is 0 Å². The summed E-state index contributed by atoms with van der Waals surface area (Å²) in [6.45, 7) is 1.85. The van der Waals surface area contributed by atoms with Crippen LogP contribution in [0.2, 0.25) is 0 Å². The molecular weight excluding hydrogens is 218 g/mol. The summed E-state index contributed by atoms with van der Waals surface area (Å²) < 4.78 is 0. The van der Waals surface area contributed by atoms with Gasteiger partial charge in [-0.3, -0.25) is 4.79 Å². The predicted molar refractivity (Wildman–Crippen MR) is 68.4 cm³/mol. The van der Waals surface area contributed by atoms with Crippen LogP contribution in [-0.4, -0.2) is 23.9 Å². The van der Waals surface area contributed by atoms with Gasteiger partial charge in [-0.2, -0.15) is 0 Å². The van der Waals surface area contributed by atoms with E-state index in [1.807, 2.05) is 28.5 Å². The lowest BCUT2D eigenvalue weighted by Gasteiger charge is -2.17. The molecule has 0 atom stereocenters. The fourth-order valence-corrected chi connectivity index (χ4v) is 2.55. The van der Waals surface area contributed by atoms with Crippen LogP contribution >= 0.6 is 11.3 Å². The maximum atomic E-state index is 11.9. The Hall–Kier alpha value is -1.09. The van der Waals surface area contributed by atoms with Gasteiger partial charge in [0.25, 0.3) is 0 Å². The number of likely N-dealkylation sites (tertiary alicyclic amines) is 1. The van der Waals surface area contributed by atoms with Crippen LogP contribution in [0.25, 0.3) is 6.08 Å². The molecule has 1 aromatic heterocycles. The van der Waals surface area contributed by atoms with Crippen LogP contribution in [0.4, 0.5) is 0 Å². The largest absolute Gasteiger partial charge is 0.339 e. The number of carbonyl (C=O) groups excluding carboxylic acids is 1. The smallest absolute Gasteiger partial charge is 0.246 e. The number of rotatable bonds is 2. The molecule has 0 N–H and O–H groups in total. The van der Waals surface area contributed by atoms with Crippen LogP contribution in [0.5, 0.6) is 0 Å². The van der Waals surface area contributed by atoms with Gasteiger partial charge < -0.3 is 4.90 Å². The van der Waals surface area contributed by atoms with E-state index in [1.165, 1.54) is 12.8 Å². The third kappa shape index (κ3) is 3.20. The molecule has 16 heavy (non-hydrogen) atoms. The van der Waals surface area contributed by atoms with E-state index < -0.39 is 0 Å². The molecule has 1 aliphatic rings. The molecular formula is C13H17NOS. The van der Waals surface area contributed by atoms with Gasteiger partial charge in [-0.1, -0.05) is 18.9 Å². The molecule has 0 aromatic carbocycles. The van der Waals surface area contributed by atoms with E-state index in [4.69, 9.17) is 0 Å². The number of thiophene rings is 1. The van der Waals surface area contributed by atoms with Crippen molar-refractivity contribution in [3.05, 3.63) is 28.5 Å². The van der Waals surface area contributed by atoms with Crippen LogP contribution in [0, 0.1) is 0 Å². The number of nitrogens with zero attached hydrogens (tertiary/aromatic N) is 1. The molecule has 0 bridgehead atoms. The second-order valence-corrected chi connectivity index (χ2v) is 5.07. The topological polar surface area (TPSA) is 20.3 Å². The van der Waals surface area contributed by atoms with Gasteiger partial charge in [0.1, 0.15) is 0 Å². The van der Waals surface area contributed by atoms with Crippen LogP contribution < -0.4 is 0 Å². The minimum absolute atomic E-state index is 0.162. The van der Waals surface area contributed by atoms with Crippen molar-refractivity contribution >= 4 is 23.3 Å². The quantitative estimate of drug-likeness (QED) is 0.721. The van der Waals surface area contributed by atoms with Crippen LogP contribution in [-0.2, 0) is 4.79 Å². The summed E-state index contributed by atoms with van der Waals surface area (Å²) in [6.07, 6.45) is 8.45. The monoisotopic (exact) mass is 235 g/mol. The molecule has 2 rings (SSSR count). The molecule has 1 aliphatic heterocycles. The molecule has 1 aromatic rings. The Labute approximate surface area is 101 Å². The first-order valence-electron chi connectivity index (χ1n) is 5.87. The van der Waals surface area contributed by atoms with Crippen molar-refractivity contribution in [1.29, 1.82) is 0 Å². The first-order valence-corrected chi connectivity index (χ1v) is 6.75. The highest BCUT2D eigenvalue weighted by Crippen LogP contribution is 2.12. The Morgan fingerprint density at radius 1 is 1.25 bits per heavy atom. The second kappa shape index (κ2) is 5.85. The summed E-state index contributed by atoms with van der Waals surface area (Å²) in [5.74, 6) is 0.162. The van der Waals surface area contributed by atoms with Crippen molar-refractivity contribution in [2.24, 2.45) is 0 Å². The van der Waals surface area contributed by atoms with Gasteiger partial charge in [0.2, 0.25) is 5.91 Å². The SMILES string of the molecule is O=C(C=Cc1cccs1)N1CCCCCC1. The van der Waals surface area contributed by atoms with Gasteiger partial charge in [-0.05, 0) is 30.4 Å². The molecule has 2 nitrogen and oxygen atoms in total. The van der Waals surface area contributed by atoms with Gasteiger partial charge in [-0.15, -0.1) is 11.3 Å². The lowest BCUT2D eigenvalue weighted by Crippen LogP contribution is -2.30. The van der Waals surface area contributed by atoms with E-state index in [2.05, 4.69) is 0 Å². The zero-order chi connectivity index (χ0) is 11.2. The summed E-state index contributed by atoms with van der Waals surface area (Å²) in [6, 6.07) is 4.03. The normalized spacial score (nSPS) is 17.6. The van der Waals surface area contributed by atoms with E-state index in [1.54, 1.807) is 17.4 Å². The van der Waals surface area contributed by atoms with Crippen molar-refractivity contribution in [3.8, 4) is 0 Å². The van der Waals surface area contributed by atoms with Crippen LogP contribution in [0.15, 0.2) is 23.6 Å². The third-order valence-electron chi connectivity index (χ3n) is 2.85. The predicted octanol–water partition coefficient (Wildman–Crippen LogP) is 3.16. The van der Waals surface area contributed by atoms with Crippen LogP contribution in [0.1, 0.15) is 30.6 Å². The van der Waals surface area contributed by atoms with Gasteiger partial charge in [0.15, 0.2) is 0 Å². The number of hydrogen-bond donors (Lipinski definition) is 0. The van der Waals surface area contributed by atoms with E-state index in [0.29, 0.717) is 0 Å². The molecule has 1 amide bonds. The standard InChI is InChI=1S/C13H17NOS/c15-13(8-7-12-6-5-11-16-12)14-9-3-1-2-4-10-14/h5-8,11H,1-4,9-10H2. The molecule has 2 heterocycles. The van der Waals surface area contributed by atoms with E-state index in [9.17, 15) is 4.79 Å². The fourth-order valence-electron chi connectivity index (χ4n) is 1.94. The summed E-state index contributed by atoms with van der Waals surface area (Å²) in [5, 5.41) is 2.02. The lowest BCUT2D eigenvalue weighted by molar-refractivity contribution is -0.125. The molecule has 0 spiro atoms. The van der Waals surface area contributed by atoms with Crippen LogP contribution in [0.3, 0.4) is 0 Å². The maximum absolute atomic E-state index is 11.9. The Morgan fingerprint density at radius 2 is 2.00 bits per heavy atom. The first-order chi connectivity index (χ1) is 7.86. The zero-order valence-electron chi connectivity index (χ0n) is 9.39. The molecule has 0 saturated carbocycles. The molecule has 86 valence electrons. The minimum Gasteiger partial charge on any atom is -0.339 e. The number of carbonyl (C=O) groups is 1. The second-order valence-electron chi connectivity index (χ2n) is 4.09. The number of hydrogen-bond acceptors (Lipinski definition) is 2. The van der Waals surface area contributed by atoms with Crippen molar-refractivity contribution in [2.45, 2.75) is 25.7 Å². The summed E-state index contributed by atoms with van der Waals surface area (Å²) in [7, 11) is 0. The molecule has 0 unspecified atom stereocenters. The Morgan fingerprint density at radius 3 is 2.62 bits per heavy atom. The van der Waals surface area contributed by atoms with Crippen molar-refractivity contribution in [1.82, 2.24) is 4.90 Å². The minimum atomic E-state index is 0.162. The highest BCUT2D eigenvalue weighted by Gasteiger charge is 2.12. The van der Waals surface area contributed by atoms with Gasteiger partial charge in [0, 0.05) is 24.0 Å². The molecule has 1 fully saturated rings. The van der Waals surface area contributed by atoms with Gasteiger partial charge >= 0.3 is 0 Å². The molecule has 3 heteroatoms. The van der Waals surface area contributed by atoms with Crippen molar-refractivity contribution in [2.75, 3.05) is 13.1 Å². The van der Waals surface area contributed by atoms with Gasteiger partial charge in [0.05, 0.1) is 0 Å². The Kier molecular flexibility index (Phi) is 4.17. The average molecular weight is 235 g/mol. The Balaban J connectivity index is 1.91. The number of amides is 1. The van der Waals surface area contributed by atoms with E-state index in [0.717, 1.165) is 30.8 Å². The Bertz CT molecular complexity index is 348. The van der Waals surface area contributed by atoms with Crippen molar-refractivity contribution < 1.29 is 4.79 Å². The summed E-state index contributed by atoms with van der Waals surface area (Å²) >= 11 is 1.66. The summed E-state index contributed by atoms with van der Waals surface area (Å²) in [4.78, 5) is 15.0. The maximum Gasteiger partial charge on any atom is 0.246 e. The van der Waals surface area contributed by atoms with Crippen molar-refractivity contribution in [3.63, 3.8) is 0 Å². The average Bonchev–Trinajstić information content (AvgIpc) is 2.66. The lowest BCUT2D eigenvalue weighted by atomic mass is 10.2. The fraction of sp³-hybridized carbons (Fsp3) is 0.462. The molecule has 0 radical (unpaired) electrons. The molecule has 1 saturated heterocycles. The highest BCUT2D eigenvalue weighted by atomic mass is 32.1. The van der Waals surface area contributed by atoms with E-state index in [-0.39, 0.29) is 5.91 Å². The highest BCUT2D eigenvalue weighted by molar-refractivity contribution is 7.10. The molecule has 0 aliphatic carbocycles. The zero-order valence-corrected chi connectivity index (χ0v) is 10.2.